The van der Waals surface area contributed by atoms with E-state index in [0.29, 0.717) is 48.4 Å². The largest absolute Gasteiger partial charge is 0.390 e. The summed E-state index contributed by atoms with van der Waals surface area (Å²) in [6.45, 7) is 8.04. The van der Waals surface area contributed by atoms with Crippen molar-refractivity contribution in [2.45, 2.75) is 94.9 Å². The van der Waals surface area contributed by atoms with Gasteiger partial charge < -0.3 is 21.1 Å². The molecular formula is C30H36Cl2FN3O3. The number of carbonyl (C=O) groups excluding carboxylic acids is 2. The van der Waals surface area contributed by atoms with Gasteiger partial charge in [0.05, 0.1) is 16.7 Å². The van der Waals surface area contributed by atoms with Crippen molar-refractivity contribution >= 4 is 40.7 Å². The zero-order valence-electron chi connectivity index (χ0n) is 22.7. The first-order valence-electron chi connectivity index (χ1n) is 13.6. The molecule has 1 aliphatic carbocycles. The number of hydrogen-bond donors (Lipinski definition) is 4. The third-order valence-electron chi connectivity index (χ3n) is 8.63. The number of benzene rings is 2. The molecule has 39 heavy (non-hydrogen) atoms. The molecule has 2 amide bonds. The van der Waals surface area contributed by atoms with Crippen molar-refractivity contribution in [2.24, 2.45) is 5.41 Å². The third-order valence-corrected chi connectivity index (χ3v) is 9.16. The second kappa shape index (κ2) is 10.0. The smallest absolute Gasteiger partial charge is 0.238 e. The second-order valence-corrected chi connectivity index (χ2v) is 13.7. The lowest BCUT2D eigenvalue weighted by Crippen LogP contribution is -2.50. The molecule has 2 aliphatic heterocycles. The van der Waals surface area contributed by atoms with Crippen molar-refractivity contribution in [1.82, 2.24) is 10.6 Å². The zero-order chi connectivity index (χ0) is 28.3. The lowest BCUT2D eigenvalue weighted by molar-refractivity contribution is -0.125. The topological polar surface area (TPSA) is 90.5 Å². The minimum atomic E-state index is -1.28. The molecule has 9 heteroatoms. The van der Waals surface area contributed by atoms with Crippen molar-refractivity contribution in [3.8, 4) is 0 Å². The van der Waals surface area contributed by atoms with Gasteiger partial charge in [-0.15, -0.1) is 0 Å². The standard InChI is InChI=1S/C30H36Cl2FN3O3/c1-28(2,3)15-22-30(19-9-8-16(31)14-21(19)35-27(30)38)23(18-6-5-7-20(32)24(18)33)25(36-22)26(37)34-17-10-12-29(4,39)13-11-17/h5-9,14,17,22-23,25,36,39H,10-13,15H2,1-4H3,(H,34,37)(H,35,38)/t17?,22?,23-,25+,29?,30+/m0/s1. The third kappa shape index (κ3) is 5.08. The van der Waals surface area contributed by atoms with Crippen molar-refractivity contribution in [3.05, 3.63) is 63.4 Å². The van der Waals surface area contributed by atoms with E-state index in [0.717, 1.165) is 0 Å². The average Bonchev–Trinajstić information content (AvgIpc) is 3.31. The minimum absolute atomic E-state index is 0.0645. The molecule has 5 rings (SSSR count). The van der Waals surface area contributed by atoms with Crippen LogP contribution in [-0.2, 0) is 15.0 Å². The predicted octanol–water partition coefficient (Wildman–Crippen LogP) is 5.69. The molecule has 0 bridgehead atoms. The summed E-state index contributed by atoms with van der Waals surface area (Å²) in [6, 6.07) is 8.47. The summed E-state index contributed by atoms with van der Waals surface area (Å²) in [4.78, 5) is 28.2. The van der Waals surface area contributed by atoms with Gasteiger partial charge in [0, 0.05) is 28.7 Å². The van der Waals surface area contributed by atoms with Gasteiger partial charge in [0.15, 0.2) is 0 Å². The van der Waals surface area contributed by atoms with Gasteiger partial charge in [-0.25, -0.2) is 4.39 Å². The van der Waals surface area contributed by atoms with E-state index in [4.69, 9.17) is 23.2 Å². The van der Waals surface area contributed by atoms with E-state index in [1.807, 2.05) is 13.0 Å². The van der Waals surface area contributed by atoms with Crippen LogP contribution >= 0.6 is 23.2 Å². The summed E-state index contributed by atoms with van der Waals surface area (Å²) >= 11 is 12.5. The van der Waals surface area contributed by atoms with E-state index in [-0.39, 0.29) is 33.9 Å². The molecule has 3 aliphatic rings. The molecule has 4 atom stereocenters. The van der Waals surface area contributed by atoms with E-state index in [1.54, 1.807) is 24.3 Å². The number of halogens is 3. The van der Waals surface area contributed by atoms with Crippen molar-refractivity contribution in [3.63, 3.8) is 0 Å². The Labute approximate surface area is 239 Å². The molecule has 2 fully saturated rings. The highest BCUT2D eigenvalue weighted by Gasteiger charge is 2.66. The molecular weight excluding hydrogens is 540 g/mol. The Morgan fingerprint density at radius 2 is 1.87 bits per heavy atom. The summed E-state index contributed by atoms with van der Waals surface area (Å²) in [5.41, 5.74) is -0.762. The fraction of sp³-hybridized carbons (Fsp3) is 0.533. The van der Waals surface area contributed by atoms with Gasteiger partial charge in [0.1, 0.15) is 11.2 Å². The van der Waals surface area contributed by atoms with E-state index >= 15 is 4.39 Å². The summed E-state index contributed by atoms with van der Waals surface area (Å²) < 4.78 is 15.8. The summed E-state index contributed by atoms with van der Waals surface area (Å²) in [5.74, 6) is -2.10. The van der Waals surface area contributed by atoms with E-state index < -0.39 is 34.8 Å². The Morgan fingerprint density at radius 1 is 1.18 bits per heavy atom. The highest BCUT2D eigenvalue weighted by Crippen LogP contribution is 2.57. The molecule has 2 aromatic carbocycles. The molecule has 4 N–H and O–H groups in total. The number of carbonyl (C=O) groups is 2. The van der Waals surface area contributed by atoms with Crippen LogP contribution in [-0.4, -0.2) is 40.6 Å². The van der Waals surface area contributed by atoms with Crippen LogP contribution in [0.2, 0.25) is 10.0 Å². The molecule has 210 valence electrons. The maximum Gasteiger partial charge on any atom is 0.238 e. The van der Waals surface area contributed by atoms with Crippen LogP contribution < -0.4 is 16.0 Å². The van der Waals surface area contributed by atoms with E-state index in [1.165, 1.54) is 6.07 Å². The summed E-state index contributed by atoms with van der Waals surface area (Å²) in [7, 11) is 0. The zero-order valence-corrected chi connectivity index (χ0v) is 24.2. The molecule has 2 heterocycles. The first-order chi connectivity index (χ1) is 18.2. The summed E-state index contributed by atoms with van der Waals surface area (Å²) in [6.07, 6.45) is 2.99. The van der Waals surface area contributed by atoms with Crippen LogP contribution in [0.15, 0.2) is 36.4 Å². The number of fused-ring (bicyclic) bond motifs is 2. The Balaban J connectivity index is 1.65. The average molecular weight is 577 g/mol. The van der Waals surface area contributed by atoms with Crippen LogP contribution in [0.4, 0.5) is 10.1 Å². The molecule has 1 spiro atoms. The van der Waals surface area contributed by atoms with Gasteiger partial charge in [-0.3, -0.25) is 9.59 Å². The molecule has 1 saturated carbocycles. The van der Waals surface area contributed by atoms with Crippen molar-refractivity contribution < 1.29 is 19.1 Å². The Hall–Kier alpha value is -2.19. The molecule has 6 nitrogen and oxygen atoms in total. The fourth-order valence-electron chi connectivity index (χ4n) is 6.83. The Bertz CT molecular complexity index is 1300. The maximum atomic E-state index is 15.8. The fourth-order valence-corrected chi connectivity index (χ4v) is 7.18. The van der Waals surface area contributed by atoms with E-state index in [2.05, 4.69) is 36.7 Å². The monoisotopic (exact) mass is 575 g/mol. The van der Waals surface area contributed by atoms with Gasteiger partial charge in [0.25, 0.3) is 0 Å². The first kappa shape index (κ1) is 28.3. The maximum absolute atomic E-state index is 15.8. The molecule has 1 unspecified atom stereocenters. The molecule has 1 saturated heterocycles. The normalized spacial score (nSPS) is 32.3. The van der Waals surface area contributed by atoms with E-state index in [9.17, 15) is 14.7 Å². The van der Waals surface area contributed by atoms with Crippen LogP contribution in [0.3, 0.4) is 0 Å². The Morgan fingerprint density at radius 3 is 2.54 bits per heavy atom. The lowest BCUT2D eigenvalue weighted by Gasteiger charge is -2.38. The van der Waals surface area contributed by atoms with Crippen LogP contribution in [0.5, 0.6) is 0 Å². The van der Waals surface area contributed by atoms with Gasteiger partial charge in [0.2, 0.25) is 11.8 Å². The number of rotatable bonds is 4. The lowest BCUT2D eigenvalue weighted by atomic mass is 9.62. The predicted molar refractivity (Wildman–Crippen MR) is 152 cm³/mol. The number of hydrogen-bond acceptors (Lipinski definition) is 4. The quantitative estimate of drug-likeness (QED) is 0.377. The number of nitrogens with one attached hydrogen (secondary N) is 3. The molecule has 0 radical (unpaired) electrons. The Kier molecular flexibility index (Phi) is 7.28. The molecule has 0 aromatic heterocycles. The highest BCUT2D eigenvalue weighted by atomic mass is 35.5. The van der Waals surface area contributed by atoms with Gasteiger partial charge >= 0.3 is 0 Å². The SMILES string of the molecule is CC(C)(C)CC1N[C@@H](C(=O)NC2CCC(C)(O)CC2)[C@H](c2cccc(Cl)c2F)[C@]12C(=O)Nc1cc(Cl)ccc12. The number of anilines is 1. The van der Waals surface area contributed by atoms with Gasteiger partial charge in [-0.05, 0) is 73.8 Å². The van der Waals surface area contributed by atoms with Crippen LogP contribution in [0, 0.1) is 11.2 Å². The molecule has 2 aromatic rings. The van der Waals surface area contributed by atoms with Crippen molar-refractivity contribution in [1.29, 1.82) is 0 Å². The van der Waals surface area contributed by atoms with Crippen molar-refractivity contribution in [2.75, 3.05) is 5.32 Å². The number of amides is 2. The first-order valence-corrected chi connectivity index (χ1v) is 14.3. The number of aliphatic hydroxyl groups is 1. The minimum Gasteiger partial charge on any atom is -0.390 e. The second-order valence-electron chi connectivity index (χ2n) is 12.9. The van der Waals surface area contributed by atoms with Gasteiger partial charge in [-0.1, -0.05) is 62.2 Å². The van der Waals surface area contributed by atoms with Crippen LogP contribution in [0.1, 0.15) is 76.8 Å². The van der Waals surface area contributed by atoms with Crippen LogP contribution in [0.25, 0.3) is 0 Å². The highest BCUT2D eigenvalue weighted by molar-refractivity contribution is 6.31. The summed E-state index contributed by atoms with van der Waals surface area (Å²) in [5, 5.41) is 20.4. The van der Waals surface area contributed by atoms with Gasteiger partial charge in [-0.2, -0.15) is 0 Å².